The number of benzene rings is 2. The number of hydrogen-bond donors (Lipinski definition) is 1. The number of halogens is 3. The fourth-order valence-electron chi connectivity index (χ4n) is 2.65. The molecule has 0 radical (unpaired) electrons. The highest BCUT2D eigenvalue weighted by Crippen LogP contribution is 2.31. The average Bonchev–Trinajstić information content (AvgIpc) is 2.39. The van der Waals surface area contributed by atoms with Crippen LogP contribution in [0, 0.1) is 19.7 Å². The molecular weight excluding hydrogens is 308 g/mol. The second-order valence-electron chi connectivity index (χ2n) is 5.22. The van der Waals surface area contributed by atoms with Gasteiger partial charge in [-0.15, -0.1) is 0 Å². The minimum absolute atomic E-state index is 0.178. The summed E-state index contributed by atoms with van der Waals surface area (Å²) < 4.78 is 14.3. The highest BCUT2D eigenvalue weighted by atomic mass is 35.5. The van der Waals surface area contributed by atoms with E-state index in [1.807, 2.05) is 27.0 Å². The smallest absolute Gasteiger partial charge is 0.128 e. The van der Waals surface area contributed by atoms with E-state index >= 15 is 0 Å². The van der Waals surface area contributed by atoms with Crippen molar-refractivity contribution in [3.63, 3.8) is 0 Å². The van der Waals surface area contributed by atoms with Crippen LogP contribution in [0.4, 0.5) is 4.39 Å². The third-order valence-corrected chi connectivity index (χ3v) is 4.36. The molecule has 1 nitrogen and oxygen atoms in total. The molecule has 0 fully saturated rings. The second-order valence-corrected chi connectivity index (χ2v) is 6.04. The van der Waals surface area contributed by atoms with E-state index in [1.54, 1.807) is 24.3 Å². The van der Waals surface area contributed by atoms with E-state index in [0.717, 1.165) is 16.7 Å². The lowest BCUT2D eigenvalue weighted by atomic mass is 9.93. The Morgan fingerprint density at radius 3 is 2.29 bits per heavy atom. The van der Waals surface area contributed by atoms with Gasteiger partial charge in [0.1, 0.15) is 5.82 Å². The molecule has 1 atom stereocenters. The highest BCUT2D eigenvalue weighted by Gasteiger charge is 2.20. The van der Waals surface area contributed by atoms with Crippen molar-refractivity contribution < 1.29 is 4.39 Å². The van der Waals surface area contributed by atoms with Gasteiger partial charge in [0, 0.05) is 21.7 Å². The molecule has 0 heterocycles. The summed E-state index contributed by atoms with van der Waals surface area (Å²) in [5, 5.41) is 4.37. The minimum Gasteiger partial charge on any atom is -0.313 e. The summed E-state index contributed by atoms with van der Waals surface area (Å²) in [5.74, 6) is -0.199. The first-order valence-electron chi connectivity index (χ1n) is 6.80. The Hall–Kier alpha value is -1.09. The van der Waals surface area contributed by atoms with Gasteiger partial charge in [-0.1, -0.05) is 35.3 Å². The molecule has 0 spiro atoms. The molecule has 0 aliphatic heterocycles. The molecule has 4 heteroatoms. The summed E-state index contributed by atoms with van der Waals surface area (Å²) in [7, 11) is 1.81. The first kappa shape index (κ1) is 16.3. The lowest BCUT2D eigenvalue weighted by Crippen LogP contribution is -2.21. The molecule has 1 N–H and O–H groups in total. The number of nitrogens with one attached hydrogen (secondary N) is 1. The van der Waals surface area contributed by atoms with Crippen LogP contribution in [0.25, 0.3) is 0 Å². The molecule has 2 rings (SSSR count). The Kier molecular flexibility index (Phi) is 5.26. The van der Waals surface area contributed by atoms with E-state index in [0.29, 0.717) is 22.0 Å². The fraction of sp³-hybridized carbons (Fsp3) is 0.294. The van der Waals surface area contributed by atoms with E-state index in [2.05, 4.69) is 5.32 Å². The number of hydrogen-bond acceptors (Lipinski definition) is 1. The van der Waals surface area contributed by atoms with E-state index < -0.39 is 0 Å². The zero-order valence-corrected chi connectivity index (χ0v) is 13.8. The van der Waals surface area contributed by atoms with Crippen molar-refractivity contribution in [2.45, 2.75) is 26.3 Å². The molecule has 0 aliphatic rings. The van der Waals surface area contributed by atoms with Gasteiger partial charge in [0.25, 0.3) is 0 Å². The first-order valence-corrected chi connectivity index (χ1v) is 7.56. The van der Waals surface area contributed by atoms with E-state index in [4.69, 9.17) is 23.2 Å². The largest absolute Gasteiger partial charge is 0.313 e. The number of likely N-dealkylation sites (N-methyl/N-ethyl adjacent to an activating group) is 1. The molecule has 2 aromatic carbocycles. The Morgan fingerprint density at radius 1 is 1.14 bits per heavy atom. The summed E-state index contributed by atoms with van der Waals surface area (Å²) in [6, 6.07) is 8.77. The third-order valence-electron chi connectivity index (χ3n) is 3.65. The lowest BCUT2D eigenvalue weighted by Gasteiger charge is -2.21. The molecule has 21 heavy (non-hydrogen) atoms. The predicted molar refractivity (Wildman–Crippen MR) is 87.8 cm³/mol. The Balaban J connectivity index is 2.42. The molecule has 2 aromatic rings. The van der Waals surface area contributed by atoms with Crippen LogP contribution in [0.3, 0.4) is 0 Å². The third kappa shape index (κ3) is 3.57. The highest BCUT2D eigenvalue weighted by molar-refractivity contribution is 6.36. The van der Waals surface area contributed by atoms with Crippen LogP contribution in [0.5, 0.6) is 0 Å². The summed E-state index contributed by atoms with van der Waals surface area (Å²) in [4.78, 5) is 0. The molecular formula is C17H18Cl2FN. The van der Waals surface area contributed by atoms with Gasteiger partial charge in [-0.3, -0.25) is 0 Å². The van der Waals surface area contributed by atoms with Crippen LogP contribution in [0.1, 0.15) is 28.3 Å². The van der Waals surface area contributed by atoms with Gasteiger partial charge in [-0.2, -0.15) is 0 Å². The average molecular weight is 326 g/mol. The van der Waals surface area contributed by atoms with E-state index in [9.17, 15) is 4.39 Å². The van der Waals surface area contributed by atoms with Crippen LogP contribution >= 0.6 is 23.2 Å². The maximum atomic E-state index is 14.3. The zero-order valence-electron chi connectivity index (χ0n) is 12.3. The van der Waals surface area contributed by atoms with Gasteiger partial charge in [0.2, 0.25) is 0 Å². The van der Waals surface area contributed by atoms with Crippen molar-refractivity contribution in [3.05, 3.63) is 68.4 Å². The predicted octanol–water partition coefficient (Wildman–Crippen LogP) is 5.25. The normalized spacial score (nSPS) is 12.5. The molecule has 0 amide bonds. The first-order chi connectivity index (χ1) is 9.93. The van der Waals surface area contributed by atoms with Crippen molar-refractivity contribution in [1.82, 2.24) is 5.32 Å². The number of rotatable bonds is 4. The van der Waals surface area contributed by atoms with Crippen LogP contribution < -0.4 is 5.32 Å². The standard InChI is InChI=1S/C17H18Cl2FN/c1-10-7-11(2)17(15(20)8-10)16(21-3)9-12-13(18)5-4-6-14(12)19/h4-8,16,21H,9H2,1-3H3. The van der Waals surface area contributed by atoms with Crippen molar-refractivity contribution >= 4 is 23.2 Å². The number of aryl methyl sites for hydroxylation is 2. The van der Waals surface area contributed by atoms with Gasteiger partial charge in [-0.05, 0) is 62.2 Å². The lowest BCUT2D eigenvalue weighted by molar-refractivity contribution is 0.530. The fourth-order valence-corrected chi connectivity index (χ4v) is 3.20. The van der Waals surface area contributed by atoms with Crippen molar-refractivity contribution in [1.29, 1.82) is 0 Å². The molecule has 0 aromatic heterocycles. The van der Waals surface area contributed by atoms with Crippen LogP contribution in [0.15, 0.2) is 30.3 Å². The van der Waals surface area contributed by atoms with Crippen LogP contribution in [-0.2, 0) is 6.42 Å². The molecule has 0 aliphatic carbocycles. The van der Waals surface area contributed by atoms with Crippen LogP contribution in [0.2, 0.25) is 10.0 Å². The summed E-state index contributed by atoms with van der Waals surface area (Å²) in [5.41, 5.74) is 3.34. The van der Waals surface area contributed by atoms with Crippen molar-refractivity contribution in [2.24, 2.45) is 0 Å². The van der Waals surface area contributed by atoms with Gasteiger partial charge < -0.3 is 5.32 Å². The maximum Gasteiger partial charge on any atom is 0.128 e. The van der Waals surface area contributed by atoms with Crippen LogP contribution in [-0.4, -0.2) is 7.05 Å². The van der Waals surface area contributed by atoms with E-state index in [1.165, 1.54) is 0 Å². The Labute approximate surface area is 135 Å². The molecule has 0 bridgehead atoms. The van der Waals surface area contributed by atoms with E-state index in [-0.39, 0.29) is 11.9 Å². The molecule has 112 valence electrons. The molecule has 0 saturated carbocycles. The molecule has 1 unspecified atom stereocenters. The Morgan fingerprint density at radius 2 is 1.76 bits per heavy atom. The summed E-state index contributed by atoms with van der Waals surface area (Å²) in [6.07, 6.45) is 0.538. The quantitative estimate of drug-likeness (QED) is 0.809. The summed E-state index contributed by atoms with van der Waals surface area (Å²) in [6.45, 7) is 3.81. The van der Waals surface area contributed by atoms with Gasteiger partial charge in [-0.25, -0.2) is 4.39 Å². The SMILES string of the molecule is CNC(Cc1c(Cl)cccc1Cl)c1c(C)cc(C)cc1F. The topological polar surface area (TPSA) is 12.0 Å². The zero-order chi connectivity index (χ0) is 15.6. The monoisotopic (exact) mass is 325 g/mol. The van der Waals surface area contributed by atoms with Gasteiger partial charge in [0.15, 0.2) is 0 Å². The Bertz CT molecular complexity index is 612. The summed E-state index contributed by atoms with van der Waals surface area (Å²) >= 11 is 12.4. The van der Waals surface area contributed by atoms with Gasteiger partial charge in [0.05, 0.1) is 0 Å². The molecule has 0 saturated heterocycles. The van der Waals surface area contributed by atoms with Crippen molar-refractivity contribution in [3.8, 4) is 0 Å². The maximum absolute atomic E-state index is 14.3. The van der Waals surface area contributed by atoms with Crippen molar-refractivity contribution in [2.75, 3.05) is 7.05 Å². The second kappa shape index (κ2) is 6.78. The van der Waals surface area contributed by atoms with Gasteiger partial charge >= 0.3 is 0 Å². The minimum atomic E-state index is -0.199.